The molecule has 2 unspecified atom stereocenters. The molecule has 0 spiro atoms. The van der Waals surface area contributed by atoms with Crippen LogP contribution >= 0.6 is 0 Å². The maximum atomic E-state index is 5.86. The molecule has 0 aliphatic heterocycles. The molecule has 1 aromatic carbocycles. The molecule has 2 bridgehead atoms. The molecular formula is C13H19N. The topological polar surface area (TPSA) is 26.0 Å². The van der Waals surface area contributed by atoms with E-state index < -0.39 is 0 Å². The molecule has 1 fully saturated rings. The molecule has 14 heavy (non-hydrogen) atoms. The maximum Gasteiger partial charge on any atom is 0.0319 e. The smallest absolute Gasteiger partial charge is 0.0319 e. The molecule has 1 saturated carbocycles. The summed E-state index contributed by atoms with van der Waals surface area (Å²) in [4.78, 5) is 0. The van der Waals surface area contributed by atoms with Gasteiger partial charge in [0.25, 0.3) is 0 Å². The Morgan fingerprint density at radius 3 is 2.71 bits per heavy atom. The second-order valence-corrected chi connectivity index (χ2v) is 4.55. The Hall–Kier alpha value is -0.980. The Morgan fingerprint density at radius 2 is 1.93 bits per heavy atom. The van der Waals surface area contributed by atoms with Gasteiger partial charge in [-0.15, -0.1) is 0 Å². The number of hydrogen-bond acceptors (Lipinski definition) is 1. The summed E-state index contributed by atoms with van der Waals surface area (Å²) in [5.74, 6) is 1.70. The van der Waals surface area contributed by atoms with Gasteiger partial charge in [-0.25, -0.2) is 0 Å². The van der Waals surface area contributed by atoms with E-state index >= 15 is 0 Å². The third-order valence-electron chi connectivity index (χ3n) is 3.72. The van der Waals surface area contributed by atoms with E-state index in [2.05, 4.69) is 19.1 Å². The average Bonchev–Trinajstić information content (AvgIpc) is 2.62. The highest BCUT2D eigenvalue weighted by Crippen LogP contribution is 2.54. The lowest BCUT2D eigenvalue weighted by Gasteiger charge is -2.17. The van der Waals surface area contributed by atoms with E-state index in [-0.39, 0.29) is 7.43 Å². The minimum absolute atomic E-state index is 0. The van der Waals surface area contributed by atoms with Crippen molar-refractivity contribution in [3.8, 4) is 0 Å². The Morgan fingerprint density at radius 1 is 1.21 bits per heavy atom. The number of aryl methyl sites for hydroxylation is 1. The lowest BCUT2D eigenvalue weighted by molar-refractivity contribution is 0.714. The summed E-state index contributed by atoms with van der Waals surface area (Å²) in [6, 6.07) is 4.33. The van der Waals surface area contributed by atoms with Crippen LogP contribution in [-0.4, -0.2) is 0 Å². The molecule has 2 aliphatic carbocycles. The summed E-state index contributed by atoms with van der Waals surface area (Å²) in [6.45, 7) is 2.20. The van der Waals surface area contributed by atoms with Gasteiger partial charge in [0.05, 0.1) is 0 Å². The summed E-state index contributed by atoms with van der Waals surface area (Å²) in [5, 5.41) is 0. The van der Waals surface area contributed by atoms with Crippen LogP contribution < -0.4 is 5.73 Å². The van der Waals surface area contributed by atoms with E-state index in [4.69, 9.17) is 5.73 Å². The number of rotatable bonds is 0. The quantitative estimate of drug-likeness (QED) is 0.620. The van der Waals surface area contributed by atoms with Gasteiger partial charge >= 0.3 is 0 Å². The molecule has 1 nitrogen and oxygen atoms in total. The standard InChI is InChI=1S/C12H15N.CH4/c1-7-4-10(13)6-11-8-2-3-9(5-8)12(7)11;/h4,6,8-9H,2-3,5,13H2,1H3;1H4. The first-order chi connectivity index (χ1) is 6.25. The second kappa shape index (κ2) is 3.01. The lowest BCUT2D eigenvalue weighted by Crippen LogP contribution is -2.01. The van der Waals surface area contributed by atoms with E-state index in [1.807, 2.05) is 0 Å². The van der Waals surface area contributed by atoms with Crippen molar-refractivity contribution in [2.45, 2.75) is 45.4 Å². The molecule has 0 saturated heterocycles. The van der Waals surface area contributed by atoms with E-state index in [0.29, 0.717) is 0 Å². The zero-order valence-corrected chi connectivity index (χ0v) is 8.01. The van der Waals surface area contributed by atoms with Crippen LogP contribution in [0.25, 0.3) is 0 Å². The van der Waals surface area contributed by atoms with Crippen LogP contribution in [0.4, 0.5) is 5.69 Å². The van der Waals surface area contributed by atoms with Crippen molar-refractivity contribution in [3.63, 3.8) is 0 Å². The van der Waals surface area contributed by atoms with Crippen molar-refractivity contribution in [2.75, 3.05) is 5.73 Å². The molecule has 3 rings (SSSR count). The summed E-state index contributed by atoms with van der Waals surface area (Å²) < 4.78 is 0. The minimum Gasteiger partial charge on any atom is -0.399 e. The van der Waals surface area contributed by atoms with Crippen LogP contribution in [0.15, 0.2) is 12.1 Å². The monoisotopic (exact) mass is 189 g/mol. The van der Waals surface area contributed by atoms with Gasteiger partial charge in [0.1, 0.15) is 0 Å². The van der Waals surface area contributed by atoms with E-state index in [1.54, 1.807) is 11.1 Å². The SMILES string of the molecule is C.Cc1cc(N)cc2c1C1CCC2C1. The highest BCUT2D eigenvalue weighted by Gasteiger charge is 2.37. The normalized spacial score (nSPS) is 27.2. The predicted octanol–water partition coefficient (Wildman–Crippen LogP) is 3.58. The molecule has 0 aromatic heterocycles. The second-order valence-electron chi connectivity index (χ2n) is 4.55. The zero-order chi connectivity index (χ0) is 9.00. The van der Waals surface area contributed by atoms with Crippen LogP contribution in [0.2, 0.25) is 0 Å². The van der Waals surface area contributed by atoms with Gasteiger partial charge in [0, 0.05) is 5.69 Å². The van der Waals surface area contributed by atoms with Crippen molar-refractivity contribution in [3.05, 3.63) is 28.8 Å². The van der Waals surface area contributed by atoms with Crippen LogP contribution in [0.1, 0.15) is 55.2 Å². The van der Waals surface area contributed by atoms with Gasteiger partial charge in [0.15, 0.2) is 0 Å². The number of hydrogen-bond donors (Lipinski definition) is 1. The minimum atomic E-state index is 0. The van der Waals surface area contributed by atoms with E-state index in [1.165, 1.54) is 24.8 Å². The highest BCUT2D eigenvalue weighted by molar-refractivity contribution is 5.55. The first-order valence-electron chi connectivity index (χ1n) is 5.15. The van der Waals surface area contributed by atoms with E-state index in [9.17, 15) is 0 Å². The highest BCUT2D eigenvalue weighted by atomic mass is 14.6. The van der Waals surface area contributed by atoms with Gasteiger partial charge in [-0.05, 0) is 66.8 Å². The first-order valence-corrected chi connectivity index (χ1v) is 5.15. The number of fused-ring (bicyclic) bond motifs is 5. The summed E-state index contributed by atoms with van der Waals surface area (Å²) in [6.07, 6.45) is 4.18. The van der Waals surface area contributed by atoms with Crippen molar-refractivity contribution in [1.82, 2.24) is 0 Å². The average molecular weight is 189 g/mol. The Bertz CT molecular complexity index is 368. The van der Waals surface area contributed by atoms with E-state index in [0.717, 1.165) is 17.5 Å². The zero-order valence-electron chi connectivity index (χ0n) is 8.01. The van der Waals surface area contributed by atoms with Crippen LogP contribution in [0.3, 0.4) is 0 Å². The van der Waals surface area contributed by atoms with Crippen LogP contribution in [0.5, 0.6) is 0 Å². The summed E-state index contributed by atoms with van der Waals surface area (Å²) in [5.41, 5.74) is 11.4. The molecule has 0 heterocycles. The van der Waals surface area contributed by atoms with Crippen LogP contribution in [0, 0.1) is 6.92 Å². The largest absolute Gasteiger partial charge is 0.399 e. The van der Waals surface area contributed by atoms with Gasteiger partial charge in [0.2, 0.25) is 0 Å². The molecule has 1 heteroatoms. The molecule has 2 aliphatic rings. The number of benzene rings is 1. The van der Waals surface area contributed by atoms with Gasteiger partial charge in [-0.3, -0.25) is 0 Å². The van der Waals surface area contributed by atoms with Crippen molar-refractivity contribution < 1.29 is 0 Å². The third-order valence-corrected chi connectivity index (χ3v) is 3.72. The number of nitrogens with two attached hydrogens (primary N) is 1. The van der Waals surface area contributed by atoms with Crippen molar-refractivity contribution >= 4 is 5.69 Å². The molecule has 0 radical (unpaired) electrons. The fourth-order valence-corrected chi connectivity index (χ4v) is 3.28. The van der Waals surface area contributed by atoms with Crippen LogP contribution in [-0.2, 0) is 0 Å². The fourth-order valence-electron chi connectivity index (χ4n) is 3.28. The van der Waals surface area contributed by atoms with Gasteiger partial charge in [-0.1, -0.05) is 7.43 Å². The number of anilines is 1. The van der Waals surface area contributed by atoms with Gasteiger partial charge in [-0.2, -0.15) is 0 Å². The summed E-state index contributed by atoms with van der Waals surface area (Å²) in [7, 11) is 0. The number of nitrogen functional groups attached to an aromatic ring is 1. The fraction of sp³-hybridized carbons (Fsp3) is 0.538. The Kier molecular flexibility index (Phi) is 2.06. The molecule has 0 amide bonds. The van der Waals surface area contributed by atoms with Gasteiger partial charge < -0.3 is 5.73 Å². The van der Waals surface area contributed by atoms with Crippen molar-refractivity contribution in [1.29, 1.82) is 0 Å². The maximum absolute atomic E-state index is 5.86. The Labute approximate surface area is 86.3 Å². The summed E-state index contributed by atoms with van der Waals surface area (Å²) >= 11 is 0. The molecule has 76 valence electrons. The van der Waals surface area contributed by atoms with Crippen molar-refractivity contribution in [2.24, 2.45) is 0 Å². The lowest BCUT2D eigenvalue weighted by atomic mass is 9.88. The molecular weight excluding hydrogens is 170 g/mol. The molecule has 2 atom stereocenters. The Balaban J connectivity index is 0.000000750. The predicted molar refractivity (Wildman–Crippen MR) is 61.7 cm³/mol. The molecule has 1 aromatic rings. The third kappa shape index (κ3) is 1.08. The first kappa shape index (κ1) is 9.57. The molecule has 2 N–H and O–H groups in total.